The largest absolute Gasteiger partial charge is 0.355 e. The molecule has 1 aliphatic rings. The van der Waals surface area contributed by atoms with Crippen molar-refractivity contribution in [1.82, 2.24) is 20.4 Å². The number of carbonyl (C=O) groups excluding carboxylic acids is 2. The van der Waals surface area contributed by atoms with Gasteiger partial charge in [0.25, 0.3) is 0 Å². The molecule has 2 amide bonds. The zero-order chi connectivity index (χ0) is 17.2. The van der Waals surface area contributed by atoms with Gasteiger partial charge in [-0.2, -0.15) is 0 Å². The van der Waals surface area contributed by atoms with E-state index in [4.69, 9.17) is 0 Å². The summed E-state index contributed by atoms with van der Waals surface area (Å²) in [6.45, 7) is 4.48. The van der Waals surface area contributed by atoms with Crippen molar-refractivity contribution >= 4 is 46.7 Å². The van der Waals surface area contributed by atoms with Gasteiger partial charge < -0.3 is 10.2 Å². The van der Waals surface area contributed by atoms with Crippen molar-refractivity contribution in [2.24, 2.45) is 0 Å². The lowest BCUT2D eigenvalue weighted by molar-refractivity contribution is -0.128. The first-order valence-corrected chi connectivity index (χ1v) is 11.1. The van der Waals surface area contributed by atoms with Crippen LogP contribution in [0.2, 0.25) is 0 Å². The minimum Gasteiger partial charge on any atom is -0.355 e. The molecule has 24 heavy (non-hydrogen) atoms. The number of nitrogens with one attached hydrogen (secondary N) is 1. The monoisotopic (exact) mass is 388 g/mol. The van der Waals surface area contributed by atoms with Crippen LogP contribution in [0.5, 0.6) is 0 Å². The van der Waals surface area contributed by atoms with Crippen LogP contribution in [-0.4, -0.2) is 58.1 Å². The Kier molecular flexibility index (Phi) is 8.90. The summed E-state index contributed by atoms with van der Waals surface area (Å²) in [7, 11) is 0. The molecule has 2 rings (SSSR count). The van der Waals surface area contributed by atoms with Gasteiger partial charge in [0.15, 0.2) is 8.68 Å². The molecule has 1 N–H and O–H groups in total. The van der Waals surface area contributed by atoms with Crippen LogP contribution >= 0.6 is 34.9 Å². The van der Waals surface area contributed by atoms with Crippen molar-refractivity contribution in [2.45, 2.75) is 47.7 Å². The summed E-state index contributed by atoms with van der Waals surface area (Å²) in [6.07, 6.45) is 5.59. The van der Waals surface area contributed by atoms with Crippen molar-refractivity contribution in [2.75, 3.05) is 31.1 Å². The van der Waals surface area contributed by atoms with Gasteiger partial charge in [0.05, 0.1) is 11.5 Å². The van der Waals surface area contributed by atoms with Crippen molar-refractivity contribution in [1.29, 1.82) is 0 Å². The highest BCUT2D eigenvalue weighted by Gasteiger charge is 2.17. The average Bonchev–Trinajstić information content (AvgIpc) is 2.87. The lowest BCUT2D eigenvalue weighted by Crippen LogP contribution is -2.33. The molecule has 2 heterocycles. The van der Waals surface area contributed by atoms with E-state index in [1.54, 1.807) is 0 Å². The van der Waals surface area contributed by atoms with Gasteiger partial charge >= 0.3 is 0 Å². The van der Waals surface area contributed by atoms with Gasteiger partial charge in [-0.05, 0) is 19.3 Å². The molecule has 0 atom stereocenters. The van der Waals surface area contributed by atoms with Gasteiger partial charge in [-0.25, -0.2) is 0 Å². The zero-order valence-electron chi connectivity index (χ0n) is 14.0. The summed E-state index contributed by atoms with van der Waals surface area (Å²) in [6, 6.07) is 0. The normalized spacial score (nSPS) is 15.1. The van der Waals surface area contributed by atoms with Crippen molar-refractivity contribution < 1.29 is 9.59 Å². The number of likely N-dealkylation sites (tertiary alicyclic amines) is 1. The van der Waals surface area contributed by atoms with E-state index in [-0.39, 0.29) is 11.8 Å². The van der Waals surface area contributed by atoms with Crippen LogP contribution in [0.3, 0.4) is 0 Å². The number of rotatable bonds is 8. The predicted molar refractivity (Wildman–Crippen MR) is 99.7 cm³/mol. The summed E-state index contributed by atoms with van der Waals surface area (Å²) in [5.74, 6) is 0.968. The van der Waals surface area contributed by atoms with Crippen molar-refractivity contribution in [3.05, 3.63) is 0 Å². The van der Waals surface area contributed by atoms with Crippen molar-refractivity contribution in [3.63, 3.8) is 0 Å². The molecule has 0 spiro atoms. The molecule has 1 fully saturated rings. The fraction of sp³-hybridized carbons (Fsp3) is 0.733. The molecule has 134 valence electrons. The van der Waals surface area contributed by atoms with E-state index in [9.17, 15) is 9.59 Å². The Balaban J connectivity index is 1.71. The molecule has 1 aromatic rings. The van der Waals surface area contributed by atoms with Gasteiger partial charge in [0, 0.05) is 19.6 Å². The fourth-order valence-electron chi connectivity index (χ4n) is 2.29. The molecule has 0 aliphatic carbocycles. The van der Waals surface area contributed by atoms with Crippen LogP contribution in [-0.2, 0) is 9.59 Å². The molecule has 0 radical (unpaired) electrons. The molecule has 1 aliphatic heterocycles. The second-order valence-corrected chi connectivity index (χ2v) is 8.98. The van der Waals surface area contributed by atoms with E-state index >= 15 is 0 Å². The molecule has 0 bridgehead atoms. The Morgan fingerprint density at radius 3 is 2.33 bits per heavy atom. The van der Waals surface area contributed by atoms with Gasteiger partial charge in [-0.3, -0.25) is 9.59 Å². The van der Waals surface area contributed by atoms with E-state index in [1.807, 2.05) is 11.8 Å². The number of thioether (sulfide) groups is 2. The standard InChI is InChI=1S/C15H24N4O2S3/c1-2-7-16-12(20)10-22-14-17-18-15(24-14)23-11-13(21)19-8-5-3-4-6-9-19/h2-11H2,1H3,(H,16,20). The lowest BCUT2D eigenvalue weighted by Gasteiger charge is -2.19. The lowest BCUT2D eigenvalue weighted by atomic mass is 10.2. The van der Waals surface area contributed by atoms with E-state index in [2.05, 4.69) is 15.5 Å². The second-order valence-electron chi connectivity index (χ2n) is 5.56. The van der Waals surface area contributed by atoms with E-state index in [1.165, 1.54) is 47.7 Å². The maximum Gasteiger partial charge on any atom is 0.233 e. The number of amides is 2. The van der Waals surface area contributed by atoms with Crippen LogP contribution in [0.4, 0.5) is 0 Å². The van der Waals surface area contributed by atoms with Crippen LogP contribution in [0, 0.1) is 0 Å². The molecule has 9 heteroatoms. The number of hydrogen-bond donors (Lipinski definition) is 1. The zero-order valence-corrected chi connectivity index (χ0v) is 16.4. The van der Waals surface area contributed by atoms with Crippen LogP contribution in [0.25, 0.3) is 0 Å². The van der Waals surface area contributed by atoms with Crippen molar-refractivity contribution in [3.8, 4) is 0 Å². The highest BCUT2D eigenvalue weighted by atomic mass is 32.2. The summed E-state index contributed by atoms with van der Waals surface area (Å²) >= 11 is 4.27. The molecular formula is C15H24N4O2S3. The van der Waals surface area contributed by atoms with Crippen LogP contribution in [0.1, 0.15) is 39.0 Å². The topological polar surface area (TPSA) is 75.2 Å². The smallest absolute Gasteiger partial charge is 0.233 e. The third-order valence-electron chi connectivity index (χ3n) is 3.56. The predicted octanol–water partition coefficient (Wildman–Crippen LogP) is 2.65. The summed E-state index contributed by atoms with van der Waals surface area (Å²) in [5, 5.41) is 11.0. The highest BCUT2D eigenvalue weighted by molar-refractivity contribution is 8.03. The maximum atomic E-state index is 12.2. The summed E-state index contributed by atoms with van der Waals surface area (Å²) in [4.78, 5) is 25.8. The molecular weight excluding hydrogens is 364 g/mol. The second kappa shape index (κ2) is 10.9. The minimum atomic E-state index is 0.0163. The SMILES string of the molecule is CCCNC(=O)CSc1nnc(SCC(=O)N2CCCCCC2)s1. The first-order chi connectivity index (χ1) is 11.7. The summed E-state index contributed by atoms with van der Waals surface area (Å²) in [5.41, 5.74) is 0. The Morgan fingerprint density at radius 1 is 1.08 bits per heavy atom. The highest BCUT2D eigenvalue weighted by Crippen LogP contribution is 2.29. The van der Waals surface area contributed by atoms with E-state index < -0.39 is 0 Å². The van der Waals surface area contributed by atoms with Crippen LogP contribution in [0.15, 0.2) is 8.68 Å². The minimum absolute atomic E-state index is 0.0163. The van der Waals surface area contributed by atoms with Gasteiger partial charge in [-0.15, -0.1) is 10.2 Å². The fourth-order valence-corrected chi connectivity index (χ4v) is 5.04. The molecule has 1 saturated heterocycles. The molecule has 0 aromatic carbocycles. The third kappa shape index (κ3) is 6.98. The Labute approximate surface area is 155 Å². The quantitative estimate of drug-likeness (QED) is 0.690. The number of nitrogens with zero attached hydrogens (tertiary/aromatic N) is 3. The Hall–Kier alpha value is -0.800. The Bertz CT molecular complexity index is 531. The van der Waals surface area contributed by atoms with Gasteiger partial charge in [0.2, 0.25) is 11.8 Å². The van der Waals surface area contributed by atoms with Crippen LogP contribution < -0.4 is 5.32 Å². The summed E-state index contributed by atoms with van der Waals surface area (Å²) < 4.78 is 1.56. The first-order valence-electron chi connectivity index (χ1n) is 8.32. The third-order valence-corrected chi connectivity index (χ3v) is 6.74. The molecule has 0 saturated carbocycles. The molecule has 6 nitrogen and oxygen atoms in total. The van der Waals surface area contributed by atoms with Gasteiger partial charge in [0.1, 0.15) is 0 Å². The maximum absolute atomic E-state index is 12.2. The Morgan fingerprint density at radius 2 is 1.71 bits per heavy atom. The average molecular weight is 389 g/mol. The number of aromatic nitrogens is 2. The number of carbonyl (C=O) groups is 2. The molecule has 0 unspecified atom stereocenters. The van der Waals surface area contributed by atoms with Gasteiger partial charge in [-0.1, -0.05) is 54.6 Å². The number of hydrogen-bond acceptors (Lipinski definition) is 7. The molecule has 1 aromatic heterocycles. The first kappa shape index (κ1) is 19.5. The van der Waals surface area contributed by atoms with E-state index in [0.717, 1.165) is 41.0 Å². The van der Waals surface area contributed by atoms with E-state index in [0.29, 0.717) is 18.1 Å².